The zero-order chi connectivity index (χ0) is 6.08. The van der Waals surface area contributed by atoms with Crippen molar-refractivity contribution in [2.75, 3.05) is 13.3 Å². The third-order valence-corrected chi connectivity index (χ3v) is 4.02. The summed E-state index contributed by atoms with van der Waals surface area (Å²) in [4.78, 5) is 0. The molecule has 0 fully saturated rings. The molecule has 0 aromatic heterocycles. The van der Waals surface area contributed by atoms with Gasteiger partial charge in [0.05, 0.1) is 8.41 Å². The molecule has 2 heteroatoms. The first-order valence-electron chi connectivity index (χ1n) is 2.62. The number of hydrogen-bond donors (Lipinski definition) is 0. The maximum absolute atomic E-state index is 2.31. The molecule has 8 heavy (non-hydrogen) atoms. The van der Waals surface area contributed by atoms with Gasteiger partial charge in [0.2, 0.25) is 0 Å². The predicted molar refractivity (Wildman–Crippen MR) is 48.5 cm³/mol. The third kappa shape index (κ3) is 4.65. The van der Waals surface area contributed by atoms with E-state index in [1.807, 2.05) is 0 Å². The molecule has 0 aromatic rings. The van der Waals surface area contributed by atoms with E-state index in [2.05, 4.69) is 34.1 Å². The molecule has 0 N–H and O–H groups in total. The van der Waals surface area contributed by atoms with Crippen molar-refractivity contribution in [2.45, 2.75) is 25.9 Å². The van der Waals surface area contributed by atoms with Gasteiger partial charge in [-0.1, -0.05) is 20.8 Å². The molecule has 0 bridgehead atoms. The van der Waals surface area contributed by atoms with E-state index in [1.165, 1.54) is 0 Å². The van der Waals surface area contributed by atoms with E-state index in [1.54, 1.807) is 0 Å². The van der Waals surface area contributed by atoms with Gasteiger partial charge in [0.1, 0.15) is 0 Å². The Morgan fingerprint density at radius 2 is 1.12 bits per heavy atom. The summed E-state index contributed by atoms with van der Waals surface area (Å²) >= 11 is 0. The minimum absolute atomic E-state index is 0. The highest BCUT2D eigenvalue weighted by atomic mass is 31.1. The molecule has 0 heterocycles. The molecule has 0 saturated heterocycles. The van der Waals surface area contributed by atoms with Crippen LogP contribution in [0.4, 0.5) is 0 Å². The fraction of sp³-hybridized carbons (Fsp3) is 1.00. The quantitative estimate of drug-likeness (QED) is 0.344. The molecule has 0 amide bonds. The first-order valence-corrected chi connectivity index (χ1v) is 4.85. The van der Waals surface area contributed by atoms with E-state index < -0.39 is 0 Å². The summed E-state index contributed by atoms with van der Waals surface area (Å²) in [7, 11) is 0.258. The van der Waals surface area contributed by atoms with Gasteiger partial charge in [-0.2, -0.15) is 0 Å². The predicted octanol–water partition coefficient (Wildman–Crippen LogP) is 1.34. The van der Waals surface area contributed by atoms with Gasteiger partial charge in [-0.3, -0.25) is 0 Å². The summed E-state index contributed by atoms with van der Waals surface area (Å²) < 4.78 is 0. The molecule has 0 spiro atoms. The molecule has 0 aliphatic carbocycles. The minimum Gasteiger partial charge on any atom is -0.108 e. The van der Waals surface area contributed by atoms with Crippen LogP contribution in [0.5, 0.6) is 0 Å². The Kier molecular flexibility index (Phi) is 4.96. The summed E-state index contributed by atoms with van der Waals surface area (Å²) in [5.41, 5.74) is 0. The summed E-state index contributed by atoms with van der Waals surface area (Å²) in [6, 6.07) is 0. The van der Waals surface area contributed by atoms with Crippen LogP contribution in [-0.4, -0.2) is 26.9 Å². The minimum atomic E-state index is 0. The summed E-state index contributed by atoms with van der Waals surface area (Å²) in [5, 5.41) is 0.565. The normalized spacial score (nSPS) is 11.2. The molecule has 0 aliphatic heterocycles. The highest BCUT2D eigenvalue weighted by Gasteiger charge is 2.13. The molecule has 0 aliphatic rings. The molecular weight excluding hydrogens is 114 g/mol. The molecule has 0 rings (SSSR count). The van der Waals surface area contributed by atoms with Crippen LogP contribution in [0, 0.1) is 0 Å². The van der Waals surface area contributed by atoms with Crippen LogP contribution in [-0.2, 0) is 0 Å². The zero-order valence-corrected chi connectivity index (χ0v) is 6.84. The standard InChI is InChI=1S/C6H15P.BH3/c1-6(2,3)7(4)5;/h1-5H3;1H3. The number of rotatable bonds is 0. The maximum atomic E-state index is 2.31. The first-order chi connectivity index (χ1) is 2.94. The van der Waals surface area contributed by atoms with Crippen molar-refractivity contribution in [1.29, 1.82) is 0 Å². The van der Waals surface area contributed by atoms with Crippen LogP contribution < -0.4 is 0 Å². The van der Waals surface area contributed by atoms with Crippen molar-refractivity contribution < 1.29 is 0 Å². The average molecular weight is 132 g/mol. The second-order valence-corrected chi connectivity index (χ2v) is 6.20. The van der Waals surface area contributed by atoms with E-state index in [4.69, 9.17) is 0 Å². The molecule has 0 nitrogen and oxygen atoms in total. The Bertz CT molecular complexity index is 54.0. The van der Waals surface area contributed by atoms with Crippen molar-refractivity contribution in [1.82, 2.24) is 0 Å². The Balaban J connectivity index is 0. The Morgan fingerprint density at radius 1 is 1.00 bits per heavy atom. The average Bonchev–Trinajstić information content (AvgIpc) is 1.31. The van der Waals surface area contributed by atoms with E-state index >= 15 is 0 Å². The molecule has 0 atom stereocenters. The maximum Gasteiger partial charge on any atom is 0.0814 e. The van der Waals surface area contributed by atoms with Crippen LogP contribution in [0.25, 0.3) is 0 Å². The van der Waals surface area contributed by atoms with Gasteiger partial charge >= 0.3 is 0 Å². The third-order valence-electron chi connectivity index (χ3n) is 1.34. The monoisotopic (exact) mass is 132 g/mol. The van der Waals surface area contributed by atoms with Crippen LogP contribution >= 0.6 is 7.92 Å². The SMILES string of the molecule is B.CP(C)C(C)(C)C. The fourth-order valence-electron chi connectivity index (χ4n) is 0. The molecule has 0 radical (unpaired) electrons. The fourth-order valence-corrected chi connectivity index (χ4v) is 0. The Hall–Kier alpha value is 0.495. The van der Waals surface area contributed by atoms with E-state index in [9.17, 15) is 0 Å². The van der Waals surface area contributed by atoms with Gasteiger partial charge in [-0.05, 0) is 18.5 Å². The lowest BCUT2D eigenvalue weighted by atomic mass is 10.3. The van der Waals surface area contributed by atoms with Crippen LogP contribution in [0.15, 0.2) is 0 Å². The van der Waals surface area contributed by atoms with Gasteiger partial charge in [0.15, 0.2) is 0 Å². The smallest absolute Gasteiger partial charge is 0.0814 e. The largest absolute Gasteiger partial charge is 0.108 e. The first kappa shape index (κ1) is 11.3. The van der Waals surface area contributed by atoms with E-state index in [0.717, 1.165) is 0 Å². The second kappa shape index (κ2) is 3.51. The van der Waals surface area contributed by atoms with E-state index in [-0.39, 0.29) is 16.3 Å². The lowest BCUT2D eigenvalue weighted by Crippen LogP contribution is -2.08. The van der Waals surface area contributed by atoms with Crippen LogP contribution in [0.2, 0.25) is 0 Å². The van der Waals surface area contributed by atoms with Crippen LogP contribution in [0.1, 0.15) is 20.8 Å². The van der Waals surface area contributed by atoms with Gasteiger partial charge < -0.3 is 0 Å². The zero-order valence-electron chi connectivity index (χ0n) is 5.95. The van der Waals surface area contributed by atoms with Gasteiger partial charge in [0, 0.05) is 0 Å². The van der Waals surface area contributed by atoms with E-state index in [0.29, 0.717) is 5.16 Å². The van der Waals surface area contributed by atoms with Crippen molar-refractivity contribution >= 4 is 16.3 Å². The van der Waals surface area contributed by atoms with Crippen molar-refractivity contribution in [3.63, 3.8) is 0 Å². The Labute approximate surface area is 56.4 Å². The van der Waals surface area contributed by atoms with Crippen molar-refractivity contribution in [3.05, 3.63) is 0 Å². The highest BCUT2D eigenvalue weighted by Crippen LogP contribution is 2.41. The number of hydrogen-bond acceptors (Lipinski definition) is 0. The summed E-state index contributed by atoms with van der Waals surface area (Å²) in [5.74, 6) is 0. The molecule has 0 unspecified atom stereocenters. The molecule has 50 valence electrons. The highest BCUT2D eigenvalue weighted by molar-refractivity contribution is 7.57. The topological polar surface area (TPSA) is 0 Å². The van der Waals surface area contributed by atoms with Gasteiger partial charge in [-0.15, -0.1) is 7.92 Å². The Morgan fingerprint density at radius 3 is 1.12 bits per heavy atom. The molecular formula is C6H18BP. The van der Waals surface area contributed by atoms with Crippen molar-refractivity contribution in [2.24, 2.45) is 0 Å². The molecule has 0 saturated carbocycles. The second-order valence-electron chi connectivity index (χ2n) is 3.07. The van der Waals surface area contributed by atoms with Gasteiger partial charge in [-0.25, -0.2) is 0 Å². The van der Waals surface area contributed by atoms with Crippen LogP contribution in [0.3, 0.4) is 0 Å². The van der Waals surface area contributed by atoms with Crippen molar-refractivity contribution in [3.8, 4) is 0 Å². The summed E-state index contributed by atoms with van der Waals surface area (Å²) in [6.07, 6.45) is 0. The lowest BCUT2D eigenvalue weighted by Gasteiger charge is -2.23. The lowest BCUT2D eigenvalue weighted by molar-refractivity contribution is 0.788. The molecule has 0 aromatic carbocycles. The summed E-state index contributed by atoms with van der Waals surface area (Å²) in [6.45, 7) is 11.5. The van der Waals surface area contributed by atoms with Gasteiger partial charge in [0.25, 0.3) is 0 Å².